The van der Waals surface area contributed by atoms with Gasteiger partial charge in [-0.25, -0.2) is 4.98 Å². The van der Waals surface area contributed by atoms with Gasteiger partial charge in [0.2, 0.25) is 5.13 Å². The predicted octanol–water partition coefficient (Wildman–Crippen LogP) is 4.39. The standard InChI is InChI=1S/C17H26N4S2/c1-17(2,3)15-19-16(23-20-15)18-11-12-7-5-9-21(4)14(12)13-8-6-10-22-13/h6,8,10,12,14H,5,7,9,11H2,1-4H3,(H,18,19,20). The summed E-state index contributed by atoms with van der Waals surface area (Å²) in [6, 6.07) is 4.95. The van der Waals surface area contributed by atoms with Crippen LogP contribution in [0.2, 0.25) is 0 Å². The van der Waals surface area contributed by atoms with Crippen molar-refractivity contribution < 1.29 is 0 Å². The third kappa shape index (κ3) is 3.92. The first-order valence-corrected chi connectivity index (χ1v) is 9.92. The van der Waals surface area contributed by atoms with Crippen LogP contribution in [0.25, 0.3) is 0 Å². The third-order valence-corrected chi connectivity index (χ3v) is 6.07. The Kier molecular flexibility index (Phi) is 5.04. The molecule has 1 aliphatic rings. The van der Waals surface area contributed by atoms with Gasteiger partial charge in [-0.15, -0.1) is 11.3 Å². The molecule has 2 aromatic heterocycles. The number of thiophene rings is 1. The predicted molar refractivity (Wildman–Crippen MR) is 99.5 cm³/mol. The minimum Gasteiger partial charge on any atom is -0.360 e. The number of likely N-dealkylation sites (tertiary alicyclic amines) is 1. The molecule has 1 N–H and O–H groups in total. The van der Waals surface area contributed by atoms with Gasteiger partial charge in [-0.3, -0.25) is 4.90 Å². The second-order valence-electron chi connectivity index (χ2n) is 7.40. The van der Waals surface area contributed by atoms with E-state index in [1.807, 2.05) is 11.3 Å². The second kappa shape index (κ2) is 6.87. The van der Waals surface area contributed by atoms with Crippen molar-refractivity contribution in [2.75, 3.05) is 25.5 Å². The Bertz CT molecular complexity index is 615. The molecule has 2 unspecified atom stereocenters. The Morgan fingerprint density at radius 2 is 2.22 bits per heavy atom. The van der Waals surface area contributed by atoms with Crippen LogP contribution in [-0.4, -0.2) is 34.4 Å². The number of aromatic nitrogens is 2. The molecule has 4 nitrogen and oxygen atoms in total. The van der Waals surface area contributed by atoms with E-state index in [9.17, 15) is 0 Å². The Hall–Kier alpha value is -0.980. The maximum atomic E-state index is 4.66. The van der Waals surface area contributed by atoms with Gasteiger partial charge in [0.25, 0.3) is 0 Å². The molecular formula is C17H26N4S2. The molecule has 0 radical (unpaired) electrons. The first-order chi connectivity index (χ1) is 10.9. The van der Waals surface area contributed by atoms with Crippen molar-refractivity contribution in [3.05, 3.63) is 28.2 Å². The highest BCUT2D eigenvalue weighted by molar-refractivity contribution is 7.10. The topological polar surface area (TPSA) is 41.0 Å². The van der Waals surface area contributed by atoms with Crippen molar-refractivity contribution in [2.24, 2.45) is 5.92 Å². The molecule has 1 fully saturated rings. The van der Waals surface area contributed by atoms with Gasteiger partial charge in [0.1, 0.15) is 5.82 Å². The van der Waals surface area contributed by atoms with E-state index in [-0.39, 0.29) is 5.41 Å². The summed E-state index contributed by atoms with van der Waals surface area (Å²) in [4.78, 5) is 8.64. The zero-order chi connectivity index (χ0) is 16.4. The van der Waals surface area contributed by atoms with Gasteiger partial charge in [-0.05, 0) is 43.8 Å². The maximum absolute atomic E-state index is 4.66. The van der Waals surface area contributed by atoms with Gasteiger partial charge in [0.15, 0.2) is 0 Å². The smallest absolute Gasteiger partial charge is 0.202 e. The zero-order valence-electron chi connectivity index (χ0n) is 14.4. The molecule has 23 heavy (non-hydrogen) atoms. The molecular weight excluding hydrogens is 324 g/mol. The SMILES string of the molecule is CN1CCCC(CNc2nc(C(C)(C)C)ns2)C1c1cccs1. The molecule has 6 heteroatoms. The van der Waals surface area contributed by atoms with E-state index in [0.29, 0.717) is 12.0 Å². The fourth-order valence-corrected chi connectivity index (χ4v) is 4.95. The average molecular weight is 351 g/mol. The summed E-state index contributed by atoms with van der Waals surface area (Å²) < 4.78 is 4.49. The van der Waals surface area contributed by atoms with Crippen LogP contribution in [0.1, 0.15) is 50.4 Å². The van der Waals surface area contributed by atoms with Gasteiger partial charge in [-0.2, -0.15) is 4.37 Å². The van der Waals surface area contributed by atoms with Crippen molar-refractivity contribution in [1.82, 2.24) is 14.3 Å². The summed E-state index contributed by atoms with van der Waals surface area (Å²) in [6.07, 6.45) is 2.54. The molecule has 0 aromatic carbocycles. The van der Waals surface area contributed by atoms with E-state index in [0.717, 1.165) is 17.5 Å². The van der Waals surface area contributed by atoms with Crippen molar-refractivity contribution in [2.45, 2.75) is 45.1 Å². The number of hydrogen-bond acceptors (Lipinski definition) is 6. The van der Waals surface area contributed by atoms with Gasteiger partial charge < -0.3 is 5.32 Å². The van der Waals surface area contributed by atoms with Gasteiger partial charge in [0.05, 0.1) is 0 Å². The van der Waals surface area contributed by atoms with Crippen LogP contribution in [-0.2, 0) is 5.41 Å². The van der Waals surface area contributed by atoms with Crippen LogP contribution < -0.4 is 5.32 Å². The summed E-state index contributed by atoms with van der Waals surface area (Å²) in [5.74, 6) is 1.55. The molecule has 3 heterocycles. The largest absolute Gasteiger partial charge is 0.360 e. The number of piperidine rings is 1. The zero-order valence-corrected chi connectivity index (χ0v) is 16.0. The summed E-state index contributed by atoms with van der Waals surface area (Å²) >= 11 is 3.35. The lowest BCUT2D eigenvalue weighted by molar-refractivity contribution is 0.130. The number of nitrogens with one attached hydrogen (secondary N) is 1. The van der Waals surface area contributed by atoms with Crippen molar-refractivity contribution >= 4 is 28.0 Å². The summed E-state index contributed by atoms with van der Waals surface area (Å²) in [5.41, 5.74) is 0.0149. The summed E-state index contributed by atoms with van der Waals surface area (Å²) in [6.45, 7) is 8.61. The molecule has 3 rings (SSSR count). The van der Waals surface area contributed by atoms with E-state index < -0.39 is 0 Å². The fraction of sp³-hybridized carbons (Fsp3) is 0.647. The molecule has 1 aliphatic heterocycles. The summed E-state index contributed by atoms with van der Waals surface area (Å²) in [7, 11) is 2.25. The molecule has 0 bridgehead atoms. The summed E-state index contributed by atoms with van der Waals surface area (Å²) in [5, 5.41) is 6.68. The van der Waals surface area contributed by atoms with Gasteiger partial charge >= 0.3 is 0 Å². The van der Waals surface area contributed by atoms with Crippen LogP contribution in [0.15, 0.2) is 17.5 Å². The first kappa shape index (κ1) is 16.9. The van der Waals surface area contributed by atoms with Crippen LogP contribution in [0.5, 0.6) is 0 Å². The van der Waals surface area contributed by atoms with Crippen LogP contribution in [0.3, 0.4) is 0 Å². The average Bonchev–Trinajstić information content (AvgIpc) is 3.16. The minimum atomic E-state index is 0.0149. The van der Waals surface area contributed by atoms with E-state index in [1.165, 1.54) is 35.8 Å². The van der Waals surface area contributed by atoms with Crippen LogP contribution in [0, 0.1) is 5.92 Å². The Labute approximate surface area is 147 Å². The third-order valence-electron chi connectivity index (χ3n) is 4.45. The normalized spacial score (nSPS) is 23.1. The highest BCUT2D eigenvalue weighted by Gasteiger charge is 2.31. The molecule has 0 spiro atoms. The Morgan fingerprint density at radius 1 is 1.39 bits per heavy atom. The second-order valence-corrected chi connectivity index (χ2v) is 9.13. The molecule has 2 aromatic rings. The monoisotopic (exact) mass is 350 g/mol. The molecule has 0 aliphatic carbocycles. The van der Waals surface area contributed by atoms with E-state index in [2.05, 4.69) is 64.9 Å². The molecule has 2 atom stereocenters. The lowest BCUT2D eigenvalue weighted by Crippen LogP contribution is -2.38. The highest BCUT2D eigenvalue weighted by atomic mass is 32.1. The van der Waals surface area contributed by atoms with Crippen LogP contribution in [0.4, 0.5) is 5.13 Å². The number of nitrogens with zero attached hydrogens (tertiary/aromatic N) is 3. The van der Waals surface area contributed by atoms with Gasteiger partial charge in [-0.1, -0.05) is 26.8 Å². The van der Waals surface area contributed by atoms with Crippen molar-refractivity contribution in [1.29, 1.82) is 0 Å². The van der Waals surface area contributed by atoms with Crippen molar-refractivity contribution in [3.63, 3.8) is 0 Å². The molecule has 0 amide bonds. The first-order valence-electron chi connectivity index (χ1n) is 8.27. The molecule has 1 saturated heterocycles. The molecule has 126 valence electrons. The van der Waals surface area contributed by atoms with E-state index in [4.69, 9.17) is 0 Å². The number of hydrogen-bond donors (Lipinski definition) is 1. The maximum Gasteiger partial charge on any atom is 0.202 e. The van der Waals surface area contributed by atoms with Crippen molar-refractivity contribution in [3.8, 4) is 0 Å². The van der Waals surface area contributed by atoms with E-state index in [1.54, 1.807) is 0 Å². The molecule has 0 saturated carbocycles. The highest BCUT2D eigenvalue weighted by Crippen LogP contribution is 2.37. The van der Waals surface area contributed by atoms with E-state index >= 15 is 0 Å². The van der Waals surface area contributed by atoms with Gasteiger partial charge in [0, 0.05) is 34.4 Å². The lowest BCUT2D eigenvalue weighted by Gasteiger charge is -2.38. The fourth-order valence-electron chi connectivity index (χ4n) is 3.20. The minimum absolute atomic E-state index is 0.0149. The number of rotatable bonds is 4. The number of anilines is 1. The Morgan fingerprint density at radius 3 is 2.87 bits per heavy atom. The van der Waals surface area contributed by atoms with Crippen LogP contribution >= 0.6 is 22.9 Å². The lowest BCUT2D eigenvalue weighted by atomic mass is 9.88. The Balaban J connectivity index is 1.67. The quantitative estimate of drug-likeness (QED) is 0.888.